The lowest BCUT2D eigenvalue weighted by Crippen LogP contribution is -2.43. The zero-order valence-electron chi connectivity index (χ0n) is 16.0. The molecule has 0 atom stereocenters. The molecule has 1 aliphatic heterocycles. The van der Waals surface area contributed by atoms with Crippen molar-refractivity contribution < 1.29 is 24.0 Å². The second-order valence-corrected chi connectivity index (χ2v) is 6.60. The summed E-state index contributed by atoms with van der Waals surface area (Å²) in [7, 11) is 0. The number of rotatable bonds is 6. The highest BCUT2D eigenvalue weighted by Crippen LogP contribution is 2.28. The predicted octanol–water partition coefficient (Wildman–Crippen LogP) is 1.81. The summed E-state index contributed by atoms with van der Waals surface area (Å²) in [6.07, 6.45) is 1.91. The molecule has 2 aromatic rings. The van der Waals surface area contributed by atoms with Crippen molar-refractivity contribution in [1.82, 2.24) is 10.9 Å². The smallest absolute Gasteiger partial charge is 0.341 e. The fourth-order valence-corrected chi connectivity index (χ4v) is 3.07. The average molecular weight is 412 g/mol. The fraction of sp³-hybridized carbons (Fsp3) is 0.250. The Labute approximate surface area is 171 Å². The zero-order valence-corrected chi connectivity index (χ0v) is 16.0. The number of anilines is 1. The molecule has 0 spiro atoms. The molecule has 10 nitrogen and oxygen atoms in total. The van der Waals surface area contributed by atoms with Gasteiger partial charge in [0, 0.05) is 30.8 Å². The number of nitro benzene ring substituents is 1. The summed E-state index contributed by atoms with van der Waals surface area (Å²) >= 11 is 0. The molecule has 30 heavy (non-hydrogen) atoms. The van der Waals surface area contributed by atoms with E-state index in [-0.39, 0.29) is 11.3 Å². The molecule has 1 fully saturated rings. The number of amides is 2. The van der Waals surface area contributed by atoms with E-state index in [2.05, 4.69) is 10.9 Å². The Morgan fingerprint density at radius 2 is 1.73 bits per heavy atom. The highest BCUT2D eigenvalue weighted by Gasteiger charge is 2.24. The van der Waals surface area contributed by atoms with E-state index >= 15 is 0 Å². The summed E-state index contributed by atoms with van der Waals surface area (Å²) in [6.45, 7) is 0.796. The maximum atomic E-state index is 12.5. The van der Waals surface area contributed by atoms with Crippen LogP contribution in [0, 0.1) is 10.1 Å². The minimum Gasteiger partial charge on any atom is -0.452 e. The molecule has 0 bridgehead atoms. The molecule has 10 heteroatoms. The molecule has 1 heterocycles. The Morgan fingerprint density at radius 1 is 1.03 bits per heavy atom. The van der Waals surface area contributed by atoms with Gasteiger partial charge in [0.15, 0.2) is 6.61 Å². The maximum absolute atomic E-state index is 12.5. The van der Waals surface area contributed by atoms with E-state index in [1.165, 1.54) is 12.1 Å². The van der Waals surface area contributed by atoms with E-state index < -0.39 is 29.3 Å². The molecule has 0 unspecified atom stereocenters. The number of carbonyl (C=O) groups is 3. The van der Waals surface area contributed by atoms with Crippen LogP contribution < -0.4 is 15.8 Å². The van der Waals surface area contributed by atoms with Gasteiger partial charge in [-0.2, -0.15) is 0 Å². The molecule has 1 saturated heterocycles. The molecule has 2 amide bonds. The summed E-state index contributed by atoms with van der Waals surface area (Å²) in [5, 5.41) is 11.1. The normalized spacial score (nSPS) is 12.9. The lowest BCUT2D eigenvalue weighted by Gasteiger charge is -2.20. The third kappa shape index (κ3) is 5.10. The molecule has 2 N–H and O–H groups in total. The first kappa shape index (κ1) is 20.8. The summed E-state index contributed by atoms with van der Waals surface area (Å²) in [5.74, 6) is -2.13. The van der Waals surface area contributed by atoms with Crippen LogP contribution in [0.3, 0.4) is 0 Å². The molecular formula is C20H20N4O6. The largest absolute Gasteiger partial charge is 0.452 e. The number of nitro groups is 1. The van der Waals surface area contributed by atoms with Crippen molar-refractivity contribution >= 4 is 29.2 Å². The lowest BCUT2D eigenvalue weighted by atomic mass is 10.1. The minimum absolute atomic E-state index is 0.0206. The van der Waals surface area contributed by atoms with Crippen LogP contribution in [0.5, 0.6) is 0 Å². The van der Waals surface area contributed by atoms with Gasteiger partial charge >= 0.3 is 5.97 Å². The van der Waals surface area contributed by atoms with E-state index in [0.29, 0.717) is 11.3 Å². The number of benzene rings is 2. The molecule has 0 saturated carbocycles. The number of hydrogen-bond donors (Lipinski definition) is 2. The molecule has 0 radical (unpaired) electrons. The van der Waals surface area contributed by atoms with Crippen molar-refractivity contribution in [2.24, 2.45) is 0 Å². The van der Waals surface area contributed by atoms with Gasteiger partial charge in [0.25, 0.3) is 17.5 Å². The molecular weight excluding hydrogens is 392 g/mol. The molecule has 3 rings (SSSR count). The van der Waals surface area contributed by atoms with E-state index in [4.69, 9.17) is 4.74 Å². The number of nitrogens with zero attached hydrogens (tertiary/aromatic N) is 2. The Balaban J connectivity index is 1.60. The summed E-state index contributed by atoms with van der Waals surface area (Å²) in [6, 6.07) is 12.2. The first-order valence-electron chi connectivity index (χ1n) is 9.30. The maximum Gasteiger partial charge on any atom is 0.341 e. The van der Waals surface area contributed by atoms with Crippen LogP contribution in [0.25, 0.3) is 0 Å². The van der Waals surface area contributed by atoms with Gasteiger partial charge < -0.3 is 9.64 Å². The van der Waals surface area contributed by atoms with Crippen molar-refractivity contribution in [3.63, 3.8) is 0 Å². The third-order valence-electron chi connectivity index (χ3n) is 4.54. The van der Waals surface area contributed by atoms with Gasteiger partial charge in [0.1, 0.15) is 0 Å². The van der Waals surface area contributed by atoms with Gasteiger partial charge in [-0.05, 0) is 31.0 Å². The quantitative estimate of drug-likeness (QED) is 0.420. The highest BCUT2D eigenvalue weighted by molar-refractivity contribution is 5.98. The summed E-state index contributed by atoms with van der Waals surface area (Å²) in [4.78, 5) is 48.8. The van der Waals surface area contributed by atoms with Crippen molar-refractivity contribution in [3.8, 4) is 0 Å². The number of non-ortho nitro benzene ring substituents is 1. The number of hydrazine groups is 1. The van der Waals surface area contributed by atoms with Crippen LogP contribution in [0.4, 0.5) is 11.4 Å². The van der Waals surface area contributed by atoms with Crippen LogP contribution in [0.1, 0.15) is 33.6 Å². The molecule has 2 aromatic carbocycles. The van der Waals surface area contributed by atoms with Gasteiger partial charge in [-0.25, -0.2) is 4.79 Å². The lowest BCUT2D eigenvalue weighted by molar-refractivity contribution is -0.384. The van der Waals surface area contributed by atoms with Crippen LogP contribution in [-0.2, 0) is 9.53 Å². The Morgan fingerprint density at radius 3 is 2.40 bits per heavy atom. The van der Waals surface area contributed by atoms with E-state index in [9.17, 15) is 24.5 Å². The molecule has 1 aliphatic rings. The van der Waals surface area contributed by atoms with Crippen molar-refractivity contribution in [2.75, 3.05) is 24.6 Å². The second-order valence-electron chi connectivity index (χ2n) is 6.60. The van der Waals surface area contributed by atoms with Gasteiger partial charge in [0.2, 0.25) is 0 Å². The fourth-order valence-electron chi connectivity index (χ4n) is 3.07. The topological polar surface area (TPSA) is 131 Å². The van der Waals surface area contributed by atoms with E-state index in [0.717, 1.165) is 32.0 Å². The predicted molar refractivity (Wildman–Crippen MR) is 107 cm³/mol. The number of ether oxygens (including phenoxy) is 1. The van der Waals surface area contributed by atoms with Crippen molar-refractivity contribution in [2.45, 2.75) is 12.8 Å². The summed E-state index contributed by atoms with van der Waals surface area (Å²) in [5.41, 5.74) is 5.02. The van der Waals surface area contributed by atoms with Gasteiger partial charge in [-0.1, -0.05) is 18.2 Å². The number of hydrogen-bond acceptors (Lipinski definition) is 7. The number of nitrogens with one attached hydrogen (secondary N) is 2. The van der Waals surface area contributed by atoms with Crippen LogP contribution >= 0.6 is 0 Å². The van der Waals surface area contributed by atoms with E-state index in [1.807, 2.05) is 4.90 Å². The SMILES string of the molecule is O=C(COC(=O)c1cc([N+](=O)[O-])ccc1N1CCCC1)NNC(=O)c1ccccc1. The zero-order chi connectivity index (χ0) is 21.5. The van der Waals surface area contributed by atoms with Crippen LogP contribution in [-0.4, -0.2) is 42.4 Å². The monoisotopic (exact) mass is 412 g/mol. The number of carbonyl (C=O) groups excluding carboxylic acids is 3. The Hall–Kier alpha value is -3.95. The number of esters is 1. The second kappa shape index (κ2) is 9.50. The molecule has 0 aromatic heterocycles. The average Bonchev–Trinajstić information content (AvgIpc) is 3.30. The minimum atomic E-state index is -0.856. The van der Waals surface area contributed by atoms with Gasteiger partial charge in [0.05, 0.1) is 16.2 Å². The molecule has 156 valence electrons. The van der Waals surface area contributed by atoms with Gasteiger partial charge in [-0.3, -0.25) is 30.6 Å². The standard InChI is InChI=1S/C20H20N4O6/c25-18(21-22-19(26)14-6-2-1-3-7-14)13-30-20(27)16-12-15(24(28)29)8-9-17(16)23-10-4-5-11-23/h1-3,6-9,12H,4-5,10-11,13H2,(H,21,25)(H,22,26). The Kier molecular flexibility index (Phi) is 6.58. The Bertz CT molecular complexity index is 957. The van der Waals surface area contributed by atoms with Gasteiger partial charge in [-0.15, -0.1) is 0 Å². The van der Waals surface area contributed by atoms with E-state index in [1.54, 1.807) is 30.3 Å². The third-order valence-corrected chi connectivity index (χ3v) is 4.54. The van der Waals surface area contributed by atoms with Crippen molar-refractivity contribution in [1.29, 1.82) is 0 Å². The molecule has 0 aliphatic carbocycles. The van der Waals surface area contributed by atoms with Crippen LogP contribution in [0.2, 0.25) is 0 Å². The highest BCUT2D eigenvalue weighted by atomic mass is 16.6. The van der Waals surface area contributed by atoms with Crippen LogP contribution in [0.15, 0.2) is 48.5 Å². The first-order chi connectivity index (χ1) is 14.5. The van der Waals surface area contributed by atoms with Crippen molar-refractivity contribution in [3.05, 3.63) is 69.8 Å². The summed E-state index contributed by atoms with van der Waals surface area (Å²) < 4.78 is 5.01. The first-order valence-corrected chi connectivity index (χ1v) is 9.30.